The highest BCUT2D eigenvalue weighted by Crippen LogP contribution is 2.32. The van der Waals surface area contributed by atoms with Crippen LogP contribution in [-0.4, -0.2) is 42.9 Å². The number of nitrogens with one attached hydrogen (secondary N) is 1. The molecule has 2 aliphatic rings. The molecule has 1 heterocycles. The van der Waals surface area contributed by atoms with Crippen LogP contribution in [-0.2, 0) is 11.3 Å². The SMILES string of the molecule is COc1ccc(C(=O)NC2=CC(C=O)N(Cc3ccccc3)CC2)cc1OC1CCCC1. The van der Waals surface area contributed by atoms with Crippen molar-refractivity contribution in [1.82, 2.24) is 10.2 Å². The van der Waals surface area contributed by atoms with E-state index in [0.717, 1.165) is 30.4 Å². The lowest BCUT2D eigenvalue weighted by molar-refractivity contribution is -0.111. The topological polar surface area (TPSA) is 67.9 Å². The number of carbonyl (C=O) groups excluding carboxylic acids is 2. The molecule has 1 N–H and O–H groups in total. The molecule has 6 heteroatoms. The van der Waals surface area contributed by atoms with Gasteiger partial charge in [0.1, 0.15) is 6.29 Å². The largest absolute Gasteiger partial charge is 0.493 e. The zero-order valence-electron chi connectivity index (χ0n) is 18.5. The lowest BCUT2D eigenvalue weighted by Crippen LogP contribution is -2.41. The predicted molar refractivity (Wildman–Crippen MR) is 123 cm³/mol. The van der Waals surface area contributed by atoms with Gasteiger partial charge in [-0.25, -0.2) is 0 Å². The van der Waals surface area contributed by atoms with Crippen molar-refractivity contribution >= 4 is 12.2 Å². The highest BCUT2D eigenvalue weighted by Gasteiger charge is 2.24. The van der Waals surface area contributed by atoms with Gasteiger partial charge < -0.3 is 19.6 Å². The van der Waals surface area contributed by atoms with E-state index in [1.54, 1.807) is 25.3 Å². The Morgan fingerprint density at radius 2 is 1.91 bits per heavy atom. The van der Waals surface area contributed by atoms with E-state index in [9.17, 15) is 9.59 Å². The van der Waals surface area contributed by atoms with E-state index < -0.39 is 0 Å². The Morgan fingerprint density at radius 3 is 2.62 bits per heavy atom. The smallest absolute Gasteiger partial charge is 0.255 e. The van der Waals surface area contributed by atoms with Crippen molar-refractivity contribution in [3.63, 3.8) is 0 Å². The van der Waals surface area contributed by atoms with Gasteiger partial charge in [-0.2, -0.15) is 0 Å². The third kappa shape index (κ3) is 5.37. The fraction of sp³-hybridized carbons (Fsp3) is 0.385. The van der Waals surface area contributed by atoms with Gasteiger partial charge in [0.05, 0.1) is 19.3 Å². The van der Waals surface area contributed by atoms with Crippen molar-refractivity contribution in [3.05, 3.63) is 71.4 Å². The van der Waals surface area contributed by atoms with E-state index >= 15 is 0 Å². The Morgan fingerprint density at radius 1 is 1.12 bits per heavy atom. The number of amides is 1. The Balaban J connectivity index is 1.43. The fourth-order valence-electron chi connectivity index (χ4n) is 4.35. The summed E-state index contributed by atoms with van der Waals surface area (Å²) in [6, 6.07) is 15.0. The molecule has 1 fully saturated rings. The second-order valence-electron chi connectivity index (χ2n) is 8.37. The van der Waals surface area contributed by atoms with E-state index in [1.807, 2.05) is 24.3 Å². The van der Waals surface area contributed by atoms with Crippen molar-refractivity contribution in [2.45, 2.75) is 50.8 Å². The second kappa shape index (κ2) is 10.5. The summed E-state index contributed by atoms with van der Waals surface area (Å²) in [6.45, 7) is 1.39. The van der Waals surface area contributed by atoms with Gasteiger partial charge in [-0.15, -0.1) is 0 Å². The monoisotopic (exact) mass is 434 g/mol. The Kier molecular flexibility index (Phi) is 7.22. The lowest BCUT2D eigenvalue weighted by atomic mass is 10.1. The maximum Gasteiger partial charge on any atom is 0.255 e. The van der Waals surface area contributed by atoms with Gasteiger partial charge in [-0.1, -0.05) is 30.3 Å². The molecule has 1 aliphatic carbocycles. The molecule has 0 spiro atoms. The summed E-state index contributed by atoms with van der Waals surface area (Å²) in [5.41, 5.74) is 2.44. The first-order valence-electron chi connectivity index (χ1n) is 11.3. The summed E-state index contributed by atoms with van der Waals surface area (Å²) in [7, 11) is 1.60. The number of aldehydes is 1. The average molecular weight is 435 g/mol. The molecule has 0 saturated heterocycles. The molecule has 0 aromatic heterocycles. The summed E-state index contributed by atoms with van der Waals surface area (Å²) in [6.07, 6.45) is 8.00. The molecule has 0 bridgehead atoms. The van der Waals surface area contributed by atoms with Crippen LogP contribution in [0.2, 0.25) is 0 Å². The molecule has 0 radical (unpaired) electrons. The highest BCUT2D eigenvalue weighted by atomic mass is 16.5. The number of rotatable bonds is 8. The van der Waals surface area contributed by atoms with Gasteiger partial charge in [0.15, 0.2) is 11.5 Å². The van der Waals surface area contributed by atoms with Crippen molar-refractivity contribution in [3.8, 4) is 11.5 Å². The van der Waals surface area contributed by atoms with Crippen molar-refractivity contribution in [2.24, 2.45) is 0 Å². The van der Waals surface area contributed by atoms with Gasteiger partial charge in [0, 0.05) is 30.8 Å². The minimum atomic E-state index is -0.364. The van der Waals surface area contributed by atoms with Gasteiger partial charge >= 0.3 is 0 Å². The van der Waals surface area contributed by atoms with Crippen LogP contribution in [0.1, 0.15) is 48.0 Å². The first-order chi connectivity index (χ1) is 15.7. The fourth-order valence-corrected chi connectivity index (χ4v) is 4.35. The minimum absolute atomic E-state index is 0.173. The summed E-state index contributed by atoms with van der Waals surface area (Å²) in [5, 5.41) is 2.98. The molecule has 2 aromatic carbocycles. The quantitative estimate of drug-likeness (QED) is 0.634. The standard InChI is InChI=1S/C26H30N2O4/c1-31-24-12-11-20(15-25(24)32-23-9-5-6-10-23)26(30)27-21-13-14-28(22(16-21)18-29)17-19-7-3-2-4-8-19/h2-4,7-8,11-12,15-16,18,22-23H,5-6,9-10,13-14,17H2,1H3,(H,27,30). The third-order valence-corrected chi connectivity index (χ3v) is 6.13. The molecular weight excluding hydrogens is 404 g/mol. The van der Waals surface area contributed by atoms with Crippen LogP contribution in [0.15, 0.2) is 60.3 Å². The van der Waals surface area contributed by atoms with Crippen LogP contribution in [0.4, 0.5) is 0 Å². The number of ether oxygens (including phenoxy) is 2. The van der Waals surface area contributed by atoms with Crippen LogP contribution in [0.5, 0.6) is 11.5 Å². The molecule has 1 amide bonds. The van der Waals surface area contributed by atoms with Gasteiger partial charge in [0.25, 0.3) is 5.91 Å². The highest BCUT2D eigenvalue weighted by molar-refractivity contribution is 5.96. The first-order valence-corrected chi connectivity index (χ1v) is 11.3. The number of methoxy groups -OCH3 is 1. The Labute approximate surface area is 189 Å². The van der Waals surface area contributed by atoms with Gasteiger partial charge in [-0.3, -0.25) is 9.69 Å². The van der Waals surface area contributed by atoms with Crippen LogP contribution >= 0.6 is 0 Å². The van der Waals surface area contributed by atoms with Crippen molar-refractivity contribution in [2.75, 3.05) is 13.7 Å². The van der Waals surface area contributed by atoms with Crippen molar-refractivity contribution < 1.29 is 19.1 Å². The van der Waals surface area contributed by atoms with E-state index in [0.29, 0.717) is 36.6 Å². The van der Waals surface area contributed by atoms with E-state index in [-0.39, 0.29) is 18.1 Å². The number of benzene rings is 2. The van der Waals surface area contributed by atoms with Gasteiger partial charge in [0.2, 0.25) is 0 Å². The van der Waals surface area contributed by atoms with Gasteiger partial charge in [-0.05, 0) is 55.5 Å². The summed E-state index contributed by atoms with van der Waals surface area (Å²) < 4.78 is 11.5. The van der Waals surface area contributed by atoms with Crippen LogP contribution in [0, 0.1) is 0 Å². The van der Waals surface area contributed by atoms with Crippen LogP contribution < -0.4 is 14.8 Å². The summed E-state index contributed by atoms with van der Waals surface area (Å²) in [5.74, 6) is 1.02. The minimum Gasteiger partial charge on any atom is -0.493 e. The molecule has 1 unspecified atom stereocenters. The Hall–Kier alpha value is -3.12. The Bertz CT molecular complexity index is 967. The van der Waals surface area contributed by atoms with E-state index in [2.05, 4.69) is 22.3 Å². The molecule has 1 atom stereocenters. The number of nitrogens with zero attached hydrogens (tertiary/aromatic N) is 1. The summed E-state index contributed by atoms with van der Waals surface area (Å²) >= 11 is 0. The molecule has 2 aromatic rings. The number of hydrogen-bond acceptors (Lipinski definition) is 5. The zero-order chi connectivity index (χ0) is 22.3. The normalized spacial score (nSPS) is 19.3. The maximum atomic E-state index is 12.9. The molecule has 1 saturated carbocycles. The lowest BCUT2D eigenvalue weighted by Gasteiger charge is -2.31. The molecular formula is C26H30N2O4. The van der Waals surface area contributed by atoms with Crippen LogP contribution in [0.3, 0.4) is 0 Å². The number of hydrogen-bond donors (Lipinski definition) is 1. The predicted octanol–water partition coefficient (Wildman–Crippen LogP) is 4.10. The second-order valence-corrected chi connectivity index (χ2v) is 8.37. The molecule has 32 heavy (non-hydrogen) atoms. The summed E-state index contributed by atoms with van der Waals surface area (Å²) in [4.78, 5) is 26.7. The third-order valence-electron chi connectivity index (χ3n) is 6.13. The van der Waals surface area contributed by atoms with Crippen LogP contribution in [0.25, 0.3) is 0 Å². The molecule has 4 rings (SSSR count). The molecule has 6 nitrogen and oxygen atoms in total. The molecule has 1 aliphatic heterocycles. The maximum absolute atomic E-state index is 12.9. The first kappa shape index (κ1) is 22.1. The number of carbonyl (C=O) groups is 2. The van der Waals surface area contributed by atoms with E-state index in [1.165, 1.54) is 12.8 Å². The van der Waals surface area contributed by atoms with E-state index in [4.69, 9.17) is 9.47 Å². The zero-order valence-corrected chi connectivity index (χ0v) is 18.5. The average Bonchev–Trinajstić information content (AvgIpc) is 3.33. The van der Waals surface area contributed by atoms with Crippen molar-refractivity contribution in [1.29, 1.82) is 0 Å². The molecule has 168 valence electrons.